The first-order chi connectivity index (χ1) is 13.3. The minimum Gasteiger partial charge on any atom is -0.495 e. The molecule has 1 saturated heterocycles. The molecule has 0 radical (unpaired) electrons. The van der Waals surface area contributed by atoms with E-state index in [4.69, 9.17) is 4.74 Å². The van der Waals surface area contributed by atoms with Gasteiger partial charge < -0.3 is 14.2 Å². The predicted octanol–water partition coefficient (Wildman–Crippen LogP) is 3.57. The number of aryl methyl sites for hydroxylation is 2. The largest absolute Gasteiger partial charge is 0.495 e. The summed E-state index contributed by atoms with van der Waals surface area (Å²) in [6.45, 7) is 8.56. The van der Waals surface area contributed by atoms with E-state index in [1.165, 1.54) is 11.2 Å². The number of fused-ring (bicyclic) bond motifs is 1. The van der Waals surface area contributed by atoms with Gasteiger partial charge in [-0.05, 0) is 44.2 Å². The molecule has 2 heterocycles. The molecule has 0 unspecified atom stereocenters. The number of para-hydroxylation sites is 4. The Bertz CT molecular complexity index is 896. The molecular formula is C22H28N4O. The van der Waals surface area contributed by atoms with E-state index in [0.717, 1.165) is 62.8 Å². The first kappa shape index (κ1) is 17.9. The summed E-state index contributed by atoms with van der Waals surface area (Å²) in [6.07, 6.45) is 1.15. The van der Waals surface area contributed by atoms with Crippen LogP contribution in [0.15, 0.2) is 48.5 Å². The molecule has 142 valence electrons. The van der Waals surface area contributed by atoms with Gasteiger partial charge in [-0.15, -0.1) is 0 Å². The van der Waals surface area contributed by atoms with Gasteiger partial charge in [0.15, 0.2) is 0 Å². The van der Waals surface area contributed by atoms with E-state index < -0.39 is 0 Å². The van der Waals surface area contributed by atoms with Gasteiger partial charge in [-0.1, -0.05) is 24.3 Å². The monoisotopic (exact) mass is 364 g/mol. The van der Waals surface area contributed by atoms with Crippen molar-refractivity contribution in [2.24, 2.45) is 0 Å². The highest BCUT2D eigenvalue weighted by molar-refractivity contribution is 5.75. The Morgan fingerprint density at radius 1 is 0.926 bits per heavy atom. The fraction of sp³-hybridized carbons (Fsp3) is 0.409. The van der Waals surface area contributed by atoms with Crippen molar-refractivity contribution in [3.8, 4) is 5.75 Å². The number of methoxy groups -OCH3 is 1. The Kier molecular flexibility index (Phi) is 5.30. The van der Waals surface area contributed by atoms with Crippen molar-refractivity contribution in [3.63, 3.8) is 0 Å². The third kappa shape index (κ3) is 3.78. The number of benzene rings is 2. The zero-order valence-electron chi connectivity index (χ0n) is 16.3. The molecule has 2 aromatic carbocycles. The van der Waals surface area contributed by atoms with Gasteiger partial charge in [0.05, 0.1) is 23.8 Å². The van der Waals surface area contributed by atoms with Crippen molar-refractivity contribution in [3.05, 3.63) is 54.4 Å². The van der Waals surface area contributed by atoms with E-state index in [9.17, 15) is 0 Å². The molecule has 5 heteroatoms. The van der Waals surface area contributed by atoms with Crippen LogP contribution in [-0.4, -0.2) is 54.3 Å². The van der Waals surface area contributed by atoms with Crippen molar-refractivity contribution in [1.82, 2.24) is 14.5 Å². The third-order valence-electron chi connectivity index (χ3n) is 5.50. The normalized spacial score (nSPS) is 15.4. The van der Waals surface area contributed by atoms with Crippen LogP contribution in [0.3, 0.4) is 0 Å². The first-order valence-electron chi connectivity index (χ1n) is 9.78. The van der Waals surface area contributed by atoms with Crippen LogP contribution >= 0.6 is 0 Å². The Labute approximate surface area is 161 Å². The number of aromatic nitrogens is 2. The van der Waals surface area contributed by atoms with Crippen molar-refractivity contribution in [1.29, 1.82) is 0 Å². The highest BCUT2D eigenvalue weighted by Gasteiger charge is 2.19. The molecule has 5 nitrogen and oxygen atoms in total. The highest BCUT2D eigenvalue weighted by Crippen LogP contribution is 2.28. The Balaban J connectivity index is 1.30. The number of nitrogens with zero attached hydrogens (tertiary/aromatic N) is 4. The molecule has 0 bridgehead atoms. The van der Waals surface area contributed by atoms with Gasteiger partial charge in [0.2, 0.25) is 0 Å². The van der Waals surface area contributed by atoms with Crippen LogP contribution < -0.4 is 9.64 Å². The van der Waals surface area contributed by atoms with Gasteiger partial charge in [-0.3, -0.25) is 4.90 Å². The lowest BCUT2D eigenvalue weighted by Crippen LogP contribution is -2.46. The van der Waals surface area contributed by atoms with Crippen LogP contribution in [0.5, 0.6) is 5.75 Å². The molecule has 0 aliphatic carbocycles. The number of rotatable bonds is 6. The molecular weight excluding hydrogens is 336 g/mol. The van der Waals surface area contributed by atoms with Gasteiger partial charge in [0, 0.05) is 32.7 Å². The highest BCUT2D eigenvalue weighted by atomic mass is 16.5. The van der Waals surface area contributed by atoms with Crippen molar-refractivity contribution >= 4 is 16.7 Å². The minimum atomic E-state index is 0.966. The Morgan fingerprint density at radius 3 is 2.48 bits per heavy atom. The van der Waals surface area contributed by atoms with Gasteiger partial charge in [0.1, 0.15) is 11.6 Å². The molecule has 1 fully saturated rings. The summed E-state index contributed by atoms with van der Waals surface area (Å²) in [4.78, 5) is 9.67. The molecule has 0 atom stereocenters. The fourth-order valence-corrected chi connectivity index (χ4v) is 4.03. The topological polar surface area (TPSA) is 33.5 Å². The summed E-state index contributed by atoms with van der Waals surface area (Å²) in [6, 6.07) is 16.7. The summed E-state index contributed by atoms with van der Waals surface area (Å²) in [5.74, 6) is 2.07. The minimum absolute atomic E-state index is 0.966. The Hall–Kier alpha value is -2.53. The lowest BCUT2D eigenvalue weighted by Gasteiger charge is -2.36. The molecule has 0 saturated carbocycles. The molecule has 0 spiro atoms. The van der Waals surface area contributed by atoms with E-state index >= 15 is 0 Å². The summed E-state index contributed by atoms with van der Waals surface area (Å²) in [5.41, 5.74) is 3.55. The van der Waals surface area contributed by atoms with Crippen LogP contribution in [0.1, 0.15) is 12.2 Å². The molecule has 1 aliphatic heterocycles. The maximum absolute atomic E-state index is 5.51. The standard InChI is InChI=1S/C22H28N4O/c1-18-23-19-8-3-4-9-20(19)26(18)13-7-12-24-14-16-25(17-15-24)21-10-5-6-11-22(21)27-2/h3-6,8-11H,7,12-17H2,1-2H3. The molecule has 1 aromatic heterocycles. The SMILES string of the molecule is COc1ccccc1N1CCN(CCCn2c(C)nc3ccccc32)CC1. The predicted molar refractivity (Wildman–Crippen MR) is 111 cm³/mol. The van der Waals surface area contributed by atoms with Crippen LogP contribution in [0, 0.1) is 6.92 Å². The van der Waals surface area contributed by atoms with Gasteiger partial charge >= 0.3 is 0 Å². The van der Waals surface area contributed by atoms with Crippen LogP contribution in [-0.2, 0) is 6.54 Å². The molecule has 3 aromatic rings. The van der Waals surface area contributed by atoms with E-state index in [2.05, 4.69) is 62.7 Å². The number of piperazine rings is 1. The van der Waals surface area contributed by atoms with Gasteiger partial charge in [-0.25, -0.2) is 4.98 Å². The summed E-state index contributed by atoms with van der Waals surface area (Å²) in [7, 11) is 1.75. The number of hydrogen-bond acceptors (Lipinski definition) is 4. The lowest BCUT2D eigenvalue weighted by molar-refractivity contribution is 0.250. The van der Waals surface area contributed by atoms with E-state index in [-0.39, 0.29) is 0 Å². The molecule has 27 heavy (non-hydrogen) atoms. The quantitative estimate of drug-likeness (QED) is 0.670. The number of anilines is 1. The maximum Gasteiger partial charge on any atom is 0.142 e. The second kappa shape index (κ2) is 8.01. The van der Waals surface area contributed by atoms with Gasteiger partial charge in [-0.2, -0.15) is 0 Å². The number of hydrogen-bond donors (Lipinski definition) is 0. The fourth-order valence-electron chi connectivity index (χ4n) is 4.03. The van der Waals surface area contributed by atoms with Crippen LogP contribution in [0.25, 0.3) is 11.0 Å². The van der Waals surface area contributed by atoms with Crippen molar-refractivity contribution in [2.75, 3.05) is 44.7 Å². The lowest BCUT2D eigenvalue weighted by atomic mass is 10.2. The van der Waals surface area contributed by atoms with E-state index in [1.807, 2.05) is 12.1 Å². The van der Waals surface area contributed by atoms with Gasteiger partial charge in [0.25, 0.3) is 0 Å². The third-order valence-corrected chi connectivity index (χ3v) is 5.50. The summed E-state index contributed by atoms with van der Waals surface area (Å²) < 4.78 is 7.86. The zero-order chi connectivity index (χ0) is 18.6. The molecule has 4 rings (SSSR count). The average Bonchev–Trinajstić information content (AvgIpc) is 3.04. The van der Waals surface area contributed by atoms with E-state index in [0.29, 0.717) is 0 Å². The first-order valence-corrected chi connectivity index (χ1v) is 9.78. The second-order valence-corrected chi connectivity index (χ2v) is 7.15. The summed E-state index contributed by atoms with van der Waals surface area (Å²) >= 11 is 0. The molecule has 1 aliphatic rings. The van der Waals surface area contributed by atoms with Crippen LogP contribution in [0.2, 0.25) is 0 Å². The van der Waals surface area contributed by atoms with Crippen LogP contribution in [0.4, 0.5) is 5.69 Å². The molecule has 0 N–H and O–H groups in total. The van der Waals surface area contributed by atoms with Crippen molar-refractivity contribution < 1.29 is 4.74 Å². The number of imidazole rings is 1. The Morgan fingerprint density at radius 2 is 1.67 bits per heavy atom. The van der Waals surface area contributed by atoms with Crippen molar-refractivity contribution in [2.45, 2.75) is 19.9 Å². The number of ether oxygens (including phenoxy) is 1. The second-order valence-electron chi connectivity index (χ2n) is 7.15. The zero-order valence-corrected chi connectivity index (χ0v) is 16.3. The average molecular weight is 364 g/mol. The molecule has 0 amide bonds. The maximum atomic E-state index is 5.51. The van der Waals surface area contributed by atoms with E-state index in [1.54, 1.807) is 7.11 Å². The summed E-state index contributed by atoms with van der Waals surface area (Å²) in [5, 5.41) is 0. The smallest absolute Gasteiger partial charge is 0.142 e.